The summed E-state index contributed by atoms with van der Waals surface area (Å²) in [5.41, 5.74) is 9.54. The van der Waals surface area contributed by atoms with E-state index in [0.717, 1.165) is 22.1 Å². The molecule has 0 N–H and O–H groups in total. The molecule has 218 valence electrons. The van der Waals surface area contributed by atoms with Crippen molar-refractivity contribution in [1.29, 1.82) is 0 Å². The fraction of sp³-hybridized carbons (Fsp3) is 0.0556. The van der Waals surface area contributed by atoms with Crippen molar-refractivity contribution >= 4 is 94.7 Å². The van der Waals surface area contributed by atoms with Crippen molar-refractivity contribution in [3.8, 4) is 11.1 Å². The molecule has 2 aliphatic rings. The Morgan fingerprint density at radius 1 is 0.442 bits per heavy atom. The number of nitrogens with zero attached hydrogens (tertiary/aromatic N) is 4. The Labute approximate surface area is 282 Å². The molecular weight excluding hydrogens is 849 g/mol. The van der Waals surface area contributed by atoms with Gasteiger partial charge in [0.1, 0.15) is 0 Å². The standard InChI is InChI=1S/C36H28N4.2HI.Pd/c1-37-23-39(31-17-9-7-15-29(31)37)33-21-19-25-11-3-5-13-27(25)35(33)36-28-14-6-4-12-26(28)20-22-34(36)40-24-38(2)30-16-8-10-18-32(30)40;;;/h3-24H,1-2H3;2*1H;/q-2;;;+2/p-2. The number of fused-ring (bicyclic) bond motifs is 4. The van der Waals surface area contributed by atoms with Crippen LogP contribution in [0.1, 0.15) is 0 Å². The molecule has 2 aliphatic heterocycles. The zero-order valence-corrected chi connectivity index (χ0v) is 29.4. The molecule has 0 unspecified atom stereocenters. The van der Waals surface area contributed by atoms with E-state index < -0.39 is 0 Å². The van der Waals surface area contributed by atoms with Crippen molar-refractivity contribution < 1.29 is 10.8 Å². The van der Waals surface area contributed by atoms with Crippen molar-refractivity contribution in [3.63, 3.8) is 0 Å². The Bertz CT molecular complexity index is 1820. The molecule has 0 spiro atoms. The number of hydrogen-bond donors (Lipinski definition) is 0. The van der Waals surface area contributed by atoms with E-state index in [-0.39, 0.29) is 0 Å². The predicted molar refractivity (Wildman–Crippen MR) is 197 cm³/mol. The quantitative estimate of drug-likeness (QED) is 0.0998. The molecule has 0 aromatic heterocycles. The molecule has 6 aromatic rings. The summed E-state index contributed by atoms with van der Waals surface area (Å²) in [5.74, 6) is 0. The number of rotatable bonds is 3. The molecule has 0 bridgehead atoms. The van der Waals surface area contributed by atoms with Crippen LogP contribution in [0.3, 0.4) is 0 Å². The van der Waals surface area contributed by atoms with Gasteiger partial charge in [0.25, 0.3) is 0 Å². The van der Waals surface area contributed by atoms with Gasteiger partial charge < -0.3 is 19.6 Å². The van der Waals surface area contributed by atoms with Crippen molar-refractivity contribution in [2.45, 2.75) is 0 Å². The third-order valence-electron chi connectivity index (χ3n) is 8.20. The summed E-state index contributed by atoms with van der Waals surface area (Å²) in [5, 5.41) is 4.92. The molecule has 7 heteroatoms. The molecule has 6 aromatic carbocycles. The number of halogens is 2. The van der Waals surface area contributed by atoms with Gasteiger partial charge in [-0.1, -0.05) is 84.9 Å². The molecule has 8 rings (SSSR count). The van der Waals surface area contributed by atoms with E-state index in [9.17, 15) is 0 Å². The van der Waals surface area contributed by atoms with Gasteiger partial charge in [0.05, 0.1) is 0 Å². The van der Waals surface area contributed by atoms with Crippen LogP contribution in [-0.4, -0.2) is 14.1 Å². The van der Waals surface area contributed by atoms with Gasteiger partial charge in [0, 0.05) is 45.3 Å². The zero-order chi connectivity index (χ0) is 29.5. The third-order valence-corrected chi connectivity index (χ3v) is 8.20. The summed E-state index contributed by atoms with van der Waals surface area (Å²) in [6.45, 7) is 4.41. The average Bonchev–Trinajstić information content (AvgIpc) is 3.57. The van der Waals surface area contributed by atoms with Gasteiger partial charge in [-0.05, 0) is 72.0 Å². The molecule has 0 saturated heterocycles. The van der Waals surface area contributed by atoms with E-state index in [1.807, 2.05) is 0 Å². The fourth-order valence-electron chi connectivity index (χ4n) is 6.36. The van der Waals surface area contributed by atoms with Crippen LogP contribution in [0, 0.1) is 13.3 Å². The Kier molecular flexibility index (Phi) is 8.25. The Hall–Kier alpha value is -2.84. The maximum atomic E-state index is 2.34. The van der Waals surface area contributed by atoms with Crippen LogP contribution in [0.25, 0.3) is 32.7 Å². The van der Waals surface area contributed by atoms with Crippen LogP contribution in [0.15, 0.2) is 121 Å². The van der Waals surface area contributed by atoms with Gasteiger partial charge in [-0.2, -0.15) is 13.3 Å². The molecular formula is C36H28I2N4Pd-2. The monoisotopic (exact) mass is 876 g/mol. The Morgan fingerprint density at radius 3 is 1.21 bits per heavy atom. The molecule has 0 amide bonds. The van der Waals surface area contributed by atoms with Crippen LogP contribution < -0.4 is 19.6 Å². The van der Waals surface area contributed by atoms with Gasteiger partial charge >= 0.3 is 49.8 Å². The summed E-state index contributed by atoms with van der Waals surface area (Å²) < 4.78 is 0. The van der Waals surface area contributed by atoms with E-state index in [4.69, 9.17) is 0 Å². The normalized spacial score (nSPS) is 13.9. The second-order valence-electron chi connectivity index (χ2n) is 10.6. The van der Waals surface area contributed by atoms with Gasteiger partial charge in [-0.25, -0.2) is 0 Å². The van der Waals surface area contributed by atoms with Crippen molar-refractivity contribution in [2.24, 2.45) is 0 Å². The second-order valence-corrected chi connectivity index (χ2v) is 22.6. The van der Waals surface area contributed by atoms with E-state index in [2.05, 4.69) is 207 Å². The van der Waals surface area contributed by atoms with Crippen LogP contribution in [0.2, 0.25) is 0 Å². The van der Waals surface area contributed by atoms with Crippen LogP contribution >= 0.6 is 39.0 Å². The zero-order valence-electron chi connectivity index (χ0n) is 23.6. The van der Waals surface area contributed by atoms with Crippen LogP contribution in [-0.2, 0) is 10.8 Å². The van der Waals surface area contributed by atoms with E-state index in [1.165, 1.54) is 55.4 Å². The molecule has 0 atom stereocenters. The number of anilines is 6. The number of hydrogen-bond acceptors (Lipinski definition) is 4. The molecule has 43 heavy (non-hydrogen) atoms. The van der Waals surface area contributed by atoms with Gasteiger partial charge in [-0.15, -0.1) is 0 Å². The second kappa shape index (κ2) is 12.3. The van der Waals surface area contributed by atoms with Crippen LogP contribution in [0.4, 0.5) is 34.1 Å². The summed E-state index contributed by atoms with van der Waals surface area (Å²) >= 11 is 4.65. The van der Waals surface area contributed by atoms with Gasteiger partial charge in [-0.3, -0.25) is 0 Å². The molecule has 0 radical (unpaired) electrons. The van der Waals surface area contributed by atoms with E-state index in [1.54, 1.807) is 0 Å². The van der Waals surface area contributed by atoms with Gasteiger partial charge in [0.2, 0.25) is 0 Å². The molecule has 0 fully saturated rings. The summed E-state index contributed by atoms with van der Waals surface area (Å²) in [7, 11) is 5.13. The van der Waals surface area contributed by atoms with Gasteiger partial charge in [0.15, 0.2) is 0 Å². The summed E-state index contributed by atoms with van der Waals surface area (Å²) in [6, 6.07) is 43.8. The minimum atomic E-state index is 0.890. The van der Waals surface area contributed by atoms with Crippen molar-refractivity contribution in [2.75, 3.05) is 33.7 Å². The first-order valence-electron chi connectivity index (χ1n) is 13.9. The van der Waals surface area contributed by atoms with E-state index >= 15 is 0 Å². The maximum absolute atomic E-state index is 2.34. The Balaban J connectivity index is 0.000000963. The summed E-state index contributed by atoms with van der Waals surface area (Å²) in [6.07, 6.45) is 0. The van der Waals surface area contributed by atoms with Crippen molar-refractivity contribution in [1.82, 2.24) is 0 Å². The molecule has 0 aliphatic carbocycles. The van der Waals surface area contributed by atoms with Crippen molar-refractivity contribution in [3.05, 3.63) is 135 Å². The van der Waals surface area contributed by atoms with E-state index in [0.29, 0.717) is 0 Å². The SMILES string of the molecule is CN1[CH-]N(c2ccc3ccccc3c2-c2c(N3[CH-]N(C)c4ccccc43)ccc3ccccc23)c2ccccc21.[I][Pd][I]. The first kappa shape index (κ1) is 28.9. The Morgan fingerprint density at radius 2 is 0.791 bits per heavy atom. The number of para-hydroxylation sites is 4. The van der Waals surface area contributed by atoms with Crippen LogP contribution in [0.5, 0.6) is 0 Å². The summed E-state index contributed by atoms with van der Waals surface area (Å²) in [4.78, 5) is 9.10. The topological polar surface area (TPSA) is 13.0 Å². The third kappa shape index (κ3) is 5.08. The minimum absolute atomic E-state index is 0.890. The fourth-order valence-corrected chi connectivity index (χ4v) is 6.36. The number of benzene rings is 6. The average molecular weight is 877 g/mol. The predicted octanol–water partition coefficient (Wildman–Crippen LogP) is 10.8. The first-order valence-corrected chi connectivity index (χ1v) is 23.1. The molecule has 4 nitrogen and oxygen atoms in total. The molecule has 2 heterocycles. The first-order chi connectivity index (χ1) is 21.1. The molecule has 0 saturated carbocycles.